The molecular weight excluding hydrogens is 264 g/mol. The van der Waals surface area contributed by atoms with Crippen LogP contribution in [-0.2, 0) is 0 Å². The normalized spacial score (nSPS) is 10.8. The van der Waals surface area contributed by atoms with Gasteiger partial charge in [0.15, 0.2) is 0 Å². The first-order chi connectivity index (χ1) is 10.3. The number of aromatic nitrogens is 1. The second-order valence-electron chi connectivity index (χ2n) is 4.33. The monoisotopic (exact) mass is 274 g/mol. The largest absolute Gasteiger partial charge is 0.506 e. The maximum absolute atomic E-state index is 9.79. The molecule has 2 aromatic carbocycles. The van der Waals surface area contributed by atoms with Gasteiger partial charge in [-0.25, -0.2) is 0 Å². The van der Waals surface area contributed by atoms with Crippen LogP contribution >= 0.6 is 0 Å². The molecule has 0 aliphatic rings. The van der Waals surface area contributed by atoms with E-state index >= 15 is 0 Å². The topological polar surface area (TPSA) is 81.6 Å². The van der Waals surface area contributed by atoms with Gasteiger partial charge in [-0.05, 0) is 36.4 Å². The fraction of sp³-hybridized carbons (Fsp3) is 0. The Bertz CT molecular complexity index is 881. The first kappa shape index (κ1) is 12.8. The summed E-state index contributed by atoms with van der Waals surface area (Å²) >= 11 is 0. The molecule has 1 heterocycles. The molecule has 0 bridgehead atoms. The number of benzene rings is 2. The Hall–Kier alpha value is -3.26. The van der Waals surface area contributed by atoms with Crippen molar-refractivity contribution in [2.75, 3.05) is 0 Å². The third-order valence-corrected chi connectivity index (χ3v) is 3.02. The van der Waals surface area contributed by atoms with Crippen molar-refractivity contribution in [1.29, 1.82) is 5.26 Å². The number of fused-ring (bicyclic) bond motifs is 1. The number of aromatic hydroxyl groups is 1. The predicted molar refractivity (Wildman–Crippen MR) is 78.7 cm³/mol. The van der Waals surface area contributed by atoms with Crippen molar-refractivity contribution in [3.05, 3.63) is 60.3 Å². The van der Waals surface area contributed by atoms with Gasteiger partial charge in [0.1, 0.15) is 23.0 Å². The van der Waals surface area contributed by atoms with Gasteiger partial charge in [-0.2, -0.15) is 5.26 Å². The van der Waals surface area contributed by atoms with E-state index in [4.69, 9.17) is 5.26 Å². The van der Waals surface area contributed by atoms with Crippen molar-refractivity contribution in [1.82, 2.24) is 4.98 Å². The van der Waals surface area contributed by atoms with E-state index in [1.165, 1.54) is 6.07 Å². The van der Waals surface area contributed by atoms with Gasteiger partial charge in [-0.15, -0.1) is 10.2 Å². The van der Waals surface area contributed by atoms with E-state index < -0.39 is 0 Å². The van der Waals surface area contributed by atoms with Crippen molar-refractivity contribution in [3.63, 3.8) is 0 Å². The number of phenols is 1. The number of hydrogen-bond donors (Lipinski definition) is 1. The van der Waals surface area contributed by atoms with Gasteiger partial charge in [-0.1, -0.05) is 12.1 Å². The average molecular weight is 274 g/mol. The molecule has 3 rings (SSSR count). The lowest BCUT2D eigenvalue weighted by Crippen LogP contribution is -1.79. The molecule has 1 aromatic heterocycles. The van der Waals surface area contributed by atoms with Crippen LogP contribution in [0.15, 0.2) is 65.0 Å². The Morgan fingerprint density at radius 2 is 1.76 bits per heavy atom. The third kappa shape index (κ3) is 2.42. The van der Waals surface area contributed by atoms with E-state index in [0.29, 0.717) is 27.8 Å². The van der Waals surface area contributed by atoms with Gasteiger partial charge in [-0.3, -0.25) is 4.98 Å². The Labute approximate surface area is 120 Å². The van der Waals surface area contributed by atoms with E-state index in [9.17, 15) is 5.11 Å². The van der Waals surface area contributed by atoms with Gasteiger partial charge >= 0.3 is 0 Å². The molecule has 21 heavy (non-hydrogen) atoms. The molecule has 5 nitrogen and oxygen atoms in total. The highest BCUT2D eigenvalue weighted by atomic mass is 16.3. The van der Waals surface area contributed by atoms with Gasteiger partial charge in [0.25, 0.3) is 0 Å². The minimum Gasteiger partial charge on any atom is -0.506 e. The number of azo groups is 1. The van der Waals surface area contributed by atoms with E-state index in [1.54, 1.807) is 42.6 Å². The molecule has 0 saturated carbocycles. The van der Waals surface area contributed by atoms with Gasteiger partial charge < -0.3 is 5.11 Å². The summed E-state index contributed by atoms with van der Waals surface area (Å²) in [5.41, 5.74) is 2.03. The molecule has 3 aromatic rings. The van der Waals surface area contributed by atoms with E-state index in [0.717, 1.165) is 0 Å². The van der Waals surface area contributed by atoms with Crippen molar-refractivity contribution in [2.24, 2.45) is 10.2 Å². The summed E-state index contributed by atoms with van der Waals surface area (Å²) in [5.74, 6) is 0.0991. The molecule has 100 valence electrons. The molecule has 0 spiro atoms. The summed E-state index contributed by atoms with van der Waals surface area (Å²) < 4.78 is 0. The Morgan fingerprint density at radius 1 is 0.952 bits per heavy atom. The Morgan fingerprint density at radius 3 is 2.62 bits per heavy atom. The minimum atomic E-state index is 0.0991. The van der Waals surface area contributed by atoms with E-state index in [-0.39, 0.29) is 5.75 Å². The summed E-state index contributed by atoms with van der Waals surface area (Å²) in [6.45, 7) is 0. The SMILES string of the molecule is N#Cc1ccccc1/N=N/c1ccc(O)c2ncccc12. The molecule has 0 atom stereocenters. The number of rotatable bonds is 2. The molecule has 0 aliphatic heterocycles. The number of nitrogens with zero attached hydrogens (tertiary/aromatic N) is 4. The molecule has 0 aliphatic carbocycles. The molecule has 0 fully saturated rings. The summed E-state index contributed by atoms with van der Waals surface area (Å²) in [4.78, 5) is 4.13. The Kier molecular flexibility index (Phi) is 3.27. The van der Waals surface area contributed by atoms with E-state index in [1.807, 2.05) is 6.07 Å². The highest BCUT2D eigenvalue weighted by Crippen LogP contribution is 2.32. The summed E-state index contributed by atoms with van der Waals surface area (Å²) in [6.07, 6.45) is 1.61. The van der Waals surface area contributed by atoms with Crippen LogP contribution in [-0.4, -0.2) is 10.1 Å². The first-order valence-corrected chi connectivity index (χ1v) is 6.27. The smallest absolute Gasteiger partial charge is 0.141 e. The number of hydrogen-bond acceptors (Lipinski definition) is 5. The number of nitriles is 1. The quantitative estimate of drug-likeness (QED) is 0.710. The molecule has 0 unspecified atom stereocenters. The van der Waals surface area contributed by atoms with Crippen LogP contribution in [0.1, 0.15) is 5.56 Å². The van der Waals surface area contributed by atoms with Crippen LogP contribution in [0, 0.1) is 11.3 Å². The lowest BCUT2D eigenvalue weighted by atomic mass is 10.1. The Balaban J connectivity index is 2.09. The second-order valence-corrected chi connectivity index (χ2v) is 4.33. The number of phenolic OH excluding ortho intramolecular Hbond substituents is 1. The van der Waals surface area contributed by atoms with Gasteiger partial charge in [0.05, 0.1) is 11.3 Å². The lowest BCUT2D eigenvalue weighted by Gasteiger charge is -2.02. The fourth-order valence-corrected chi connectivity index (χ4v) is 1.99. The standard InChI is InChI=1S/C16H10N4O/c17-10-11-4-1-2-6-13(11)19-20-14-7-8-15(21)16-12(14)5-3-9-18-16/h1-9,21H/b20-19+. The van der Waals surface area contributed by atoms with Gasteiger partial charge in [0, 0.05) is 11.6 Å². The maximum atomic E-state index is 9.79. The van der Waals surface area contributed by atoms with Crippen LogP contribution < -0.4 is 0 Å². The molecule has 1 N–H and O–H groups in total. The molecule has 0 amide bonds. The molecular formula is C16H10N4O. The van der Waals surface area contributed by atoms with Crippen molar-refractivity contribution >= 4 is 22.3 Å². The van der Waals surface area contributed by atoms with Crippen molar-refractivity contribution in [2.45, 2.75) is 0 Å². The molecule has 0 radical (unpaired) electrons. The maximum Gasteiger partial charge on any atom is 0.141 e. The summed E-state index contributed by atoms with van der Waals surface area (Å²) in [6, 6.07) is 15.8. The highest BCUT2D eigenvalue weighted by molar-refractivity contribution is 5.93. The fourth-order valence-electron chi connectivity index (χ4n) is 1.99. The van der Waals surface area contributed by atoms with Gasteiger partial charge in [0.2, 0.25) is 0 Å². The average Bonchev–Trinajstić information content (AvgIpc) is 2.55. The zero-order chi connectivity index (χ0) is 14.7. The van der Waals surface area contributed by atoms with E-state index in [2.05, 4.69) is 21.3 Å². The highest BCUT2D eigenvalue weighted by Gasteiger charge is 2.05. The van der Waals surface area contributed by atoms with Crippen LogP contribution in [0.4, 0.5) is 11.4 Å². The third-order valence-electron chi connectivity index (χ3n) is 3.02. The first-order valence-electron chi connectivity index (χ1n) is 6.27. The van der Waals surface area contributed by atoms with Crippen LogP contribution in [0.2, 0.25) is 0 Å². The second kappa shape index (κ2) is 5.39. The zero-order valence-corrected chi connectivity index (χ0v) is 10.9. The van der Waals surface area contributed by atoms with Crippen LogP contribution in [0.3, 0.4) is 0 Å². The van der Waals surface area contributed by atoms with Crippen LogP contribution in [0.5, 0.6) is 5.75 Å². The lowest BCUT2D eigenvalue weighted by molar-refractivity contribution is 0.480. The number of pyridine rings is 1. The zero-order valence-electron chi connectivity index (χ0n) is 10.9. The van der Waals surface area contributed by atoms with Crippen molar-refractivity contribution in [3.8, 4) is 11.8 Å². The molecule has 5 heteroatoms. The van der Waals surface area contributed by atoms with Crippen molar-refractivity contribution < 1.29 is 5.11 Å². The molecule has 0 saturated heterocycles. The predicted octanol–water partition coefficient (Wildman–Crippen LogP) is 4.23. The summed E-state index contributed by atoms with van der Waals surface area (Å²) in [5, 5.41) is 27.8. The summed E-state index contributed by atoms with van der Waals surface area (Å²) in [7, 11) is 0. The minimum absolute atomic E-state index is 0.0991. The van der Waals surface area contributed by atoms with Crippen LogP contribution in [0.25, 0.3) is 10.9 Å².